The molecule has 8 heteroatoms. The van der Waals surface area contributed by atoms with Crippen LogP contribution in [0.5, 0.6) is 5.75 Å². The van der Waals surface area contributed by atoms with E-state index in [2.05, 4.69) is 6.92 Å². The average molecular weight is 437 g/mol. The zero-order valence-electron chi connectivity index (χ0n) is 15.1. The van der Waals surface area contributed by atoms with E-state index < -0.39 is 32.4 Å². The molecular formula is C21H18F2O4S2+2. The third-order valence-electron chi connectivity index (χ3n) is 4.01. The highest BCUT2D eigenvalue weighted by atomic mass is 32.2. The zero-order chi connectivity index (χ0) is 21.1. The lowest BCUT2D eigenvalue weighted by Gasteiger charge is -2.17. The fraction of sp³-hybridized carbons (Fsp3) is 0.0952. The Kier molecular flexibility index (Phi) is 6.16. The van der Waals surface area contributed by atoms with Gasteiger partial charge in [-0.15, -0.1) is 0 Å². The summed E-state index contributed by atoms with van der Waals surface area (Å²) in [7, 11) is -6.06. The van der Waals surface area contributed by atoms with Crippen molar-refractivity contribution in [3.63, 3.8) is 0 Å². The van der Waals surface area contributed by atoms with Crippen LogP contribution in [-0.4, -0.2) is 24.3 Å². The Hall–Kier alpha value is -2.55. The first-order valence-corrected chi connectivity index (χ1v) is 11.2. The molecule has 1 unspecified atom stereocenters. The topological polar surface area (TPSA) is 63.6 Å². The number of hydrogen-bond donors (Lipinski definition) is 1. The molecule has 0 spiro atoms. The minimum absolute atomic E-state index is 0.0155. The van der Waals surface area contributed by atoms with E-state index >= 15 is 0 Å². The lowest BCUT2D eigenvalue weighted by Crippen LogP contribution is -2.42. The Labute approximate surface area is 171 Å². The summed E-state index contributed by atoms with van der Waals surface area (Å²) < 4.78 is 62.5. The van der Waals surface area contributed by atoms with Crippen molar-refractivity contribution in [2.45, 2.75) is 26.0 Å². The van der Waals surface area contributed by atoms with Gasteiger partial charge in [0.2, 0.25) is 0 Å². The second-order valence-electron chi connectivity index (χ2n) is 6.05. The first-order valence-electron chi connectivity index (χ1n) is 8.49. The second-order valence-corrected chi connectivity index (χ2v) is 9.57. The molecule has 0 fully saturated rings. The summed E-state index contributed by atoms with van der Waals surface area (Å²) in [6.07, 6.45) is -2.30. The van der Waals surface area contributed by atoms with E-state index in [1.54, 1.807) is 12.1 Å². The predicted octanol–water partition coefficient (Wildman–Crippen LogP) is 4.84. The first kappa shape index (κ1) is 21.2. The number of ether oxygens (including phenoxy) is 1. The molecule has 0 radical (unpaired) electrons. The van der Waals surface area contributed by atoms with E-state index in [1.165, 1.54) is 12.1 Å². The Morgan fingerprint density at radius 2 is 1.24 bits per heavy atom. The van der Waals surface area contributed by atoms with Crippen LogP contribution in [0.4, 0.5) is 8.78 Å². The molecule has 150 valence electrons. The van der Waals surface area contributed by atoms with Gasteiger partial charge in [0.25, 0.3) is 0 Å². The van der Waals surface area contributed by atoms with Gasteiger partial charge < -0.3 is 4.74 Å². The van der Waals surface area contributed by atoms with Gasteiger partial charge >= 0.3 is 21.5 Å². The maximum absolute atomic E-state index is 13.6. The summed E-state index contributed by atoms with van der Waals surface area (Å²) >= 11 is 0. The van der Waals surface area contributed by atoms with Crippen LogP contribution < -0.4 is 4.74 Å². The van der Waals surface area contributed by atoms with Crippen molar-refractivity contribution >= 4 is 21.0 Å². The van der Waals surface area contributed by atoms with Gasteiger partial charge in [-0.25, -0.2) is 0 Å². The minimum atomic E-state index is -5.63. The van der Waals surface area contributed by atoms with Crippen LogP contribution in [0.3, 0.4) is 0 Å². The molecule has 1 atom stereocenters. The van der Waals surface area contributed by atoms with Crippen molar-refractivity contribution in [1.29, 1.82) is 0 Å². The molecule has 0 aliphatic rings. The van der Waals surface area contributed by atoms with E-state index in [0.29, 0.717) is 0 Å². The van der Waals surface area contributed by atoms with E-state index in [-0.39, 0.29) is 5.75 Å². The van der Waals surface area contributed by atoms with Gasteiger partial charge in [0.05, 0.1) is 10.9 Å². The summed E-state index contributed by atoms with van der Waals surface area (Å²) in [4.78, 5) is 3.09. The number of rotatable bonds is 7. The van der Waals surface area contributed by atoms with Crippen LogP contribution in [0.1, 0.15) is 0 Å². The van der Waals surface area contributed by atoms with Crippen LogP contribution in [0, 0.1) is 6.92 Å². The Morgan fingerprint density at radius 1 is 0.828 bits per heavy atom. The maximum Gasteiger partial charge on any atom is 0.448 e. The van der Waals surface area contributed by atoms with Crippen LogP contribution >= 0.6 is 0 Å². The lowest BCUT2D eigenvalue weighted by atomic mass is 10.3. The number of benzene rings is 3. The maximum atomic E-state index is 13.6. The number of alkyl halides is 2. The van der Waals surface area contributed by atoms with Crippen molar-refractivity contribution in [3.8, 4) is 5.75 Å². The summed E-state index contributed by atoms with van der Waals surface area (Å²) in [5, 5.41) is -4.52. The van der Waals surface area contributed by atoms with Gasteiger partial charge in [0.15, 0.2) is 14.7 Å². The van der Waals surface area contributed by atoms with Crippen LogP contribution in [0.25, 0.3) is 0 Å². The van der Waals surface area contributed by atoms with Crippen molar-refractivity contribution < 1.29 is 26.5 Å². The van der Waals surface area contributed by atoms with Gasteiger partial charge in [0.1, 0.15) is 12.7 Å². The Bertz CT molecular complexity index is 1000. The second kappa shape index (κ2) is 8.44. The molecule has 29 heavy (non-hydrogen) atoms. The van der Waals surface area contributed by atoms with E-state index in [9.17, 15) is 17.2 Å². The standard InChI is InChI=1S/C21H17F2O4S2/c1-16(21(22,23)29(24,25)26)27-17-12-14-20(15-13-17)28(18-8-4-2-5-9-18)19-10-6-3-7-11-19/h2-16H,1H2/q+1/p+1. The zero-order valence-corrected chi connectivity index (χ0v) is 16.7. The molecule has 4 nitrogen and oxygen atoms in total. The first-order chi connectivity index (χ1) is 13.7. The fourth-order valence-electron chi connectivity index (χ4n) is 2.57. The molecule has 1 N–H and O–H groups in total. The fourth-order valence-corrected chi connectivity index (χ4v) is 5.04. The van der Waals surface area contributed by atoms with Gasteiger partial charge in [-0.1, -0.05) is 36.4 Å². The Morgan fingerprint density at radius 3 is 1.66 bits per heavy atom. The largest absolute Gasteiger partial charge is 0.448 e. The smallest absolute Gasteiger partial charge is 0.444 e. The summed E-state index contributed by atoms with van der Waals surface area (Å²) in [5.74, 6) is 0.0155. The molecule has 3 rings (SSSR count). The highest BCUT2D eigenvalue weighted by Crippen LogP contribution is 2.33. The van der Waals surface area contributed by atoms with Gasteiger partial charge in [-0.3, -0.25) is 4.55 Å². The molecule has 3 aromatic carbocycles. The summed E-state index contributed by atoms with van der Waals surface area (Å²) in [5.41, 5.74) is 0. The van der Waals surface area contributed by atoms with Crippen molar-refractivity contribution in [3.05, 3.63) is 91.9 Å². The lowest BCUT2D eigenvalue weighted by molar-refractivity contribution is -0.0108. The van der Waals surface area contributed by atoms with E-state index in [4.69, 9.17) is 9.29 Å². The molecule has 0 aliphatic carbocycles. The highest BCUT2D eigenvalue weighted by Gasteiger charge is 2.56. The van der Waals surface area contributed by atoms with E-state index in [1.807, 2.05) is 60.7 Å². The molecule has 0 aromatic heterocycles. The van der Waals surface area contributed by atoms with Crippen molar-refractivity contribution in [1.82, 2.24) is 0 Å². The molecule has 0 bridgehead atoms. The highest BCUT2D eigenvalue weighted by molar-refractivity contribution is 7.97. The minimum Gasteiger partial charge on any atom is -0.444 e. The average Bonchev–Trinajstić information content (AvgIpc) is 2.70. The normalized spacial score (nSPS) is 13.2. The number of hydrogen-bond acceptors (Lipinski definition) is 3. The van der Waals surface area contributed by atoms with Gasteiger partial charge in [-0.2, -0.15) is 17.2 Å². The van der Waals surface area contributed by atoms with E-state index in [0.717, 1.165) is 14.7 Å². The molecule has 0 amide bonds. The van der Waals surface area contributed by atoms with Crippen molar-refractivity contribution in [2.24, 2.45) is 0 Å². The number of halogens is 2. The predicted molar refractivity (Wildman–Crippen MR) is 108 cm³/mol. The van der Waals surface area contributed by atoms with Crippen LogP contribution in [0.15, 0.2) is 99.6 Å². The molecular weight excluding hydrogens is 418 g/mol. The summed E-state index contributed by atoms with van der Waals surface area (Å²) in [6, 6.07) is 26.1. The third kappa shape index (κ3) is 4.72. The Balaban J connectivity index is 1.89. The molecule has 0 saturated carbocycles. The molecule has 3 aromatic rings. The van der Waals surface area contributed by atoms with Crippen LogP contribution in [-0.2, 0) is 21.0 Å². The quantitative estimate of drug-likeness (QED) is 0.327. The van der Waals surface area contributed by atoms with Crippen LogP contribution in [0.2, 0.25) is 0 Å². The third-order valence-corrected chi connectivity index (χ3v) is 7.20. The van der Waals surface area contributed by atoms with Gasteiger partial charge in [-0.05, 0) is 48.5 Å². The van der Waals surface area contributed by atoms with Crippen molar-refractivity contribution in [2.75, 3.05) is 0 Å². The SMILES string of the molecule is [CH2+]C(Oc1ccc([S+](c2ccccc2)c2ccccc2)cc1)C(F)(F)S(=O)(=O)O. The molecule has 0 saturated heterocycles. The monoisotopic (exact) mass is 436 g/mol. The van der Waals surface area contributed by atoms with Gasteiger partial charge in [0, 0.05) is 0 Å². The molecule has 0 aliphatic heterocycles. The molecule has 0 heterocycles. The summed E-state index contributed by atoms with van der Waals surface area (Å²) in [6.45, 7) is 3.01.